The maximum absolute atomic E-state index is 11.5. The molecule has 0 saturated heterocycles. The van der Waals surface area contributed by atoms with Crippen molar-refractivity contribution < 1.29 is 9.90 Å². The van der Waals surface area contributed by atoms with Crippen LogP contribution in [0, 0.1) is 0 Å². The predicted octanol–water partition coefficient (Wildman–Crippen LogP) is 3.28. The minimum atomic E-state index is -0.493. The van der Waals surface area contributed by atoms with Gasteiger partial charge in [0.05, 0.1) is 16.1 Å². The van der Waals surface area contributed by atoms with Crippen LogP contribution in [0.1, 0.15) is 25.3 Å². The molecular weight excluding hydrogens is 285 g/mol. The number of carbonyl (C=O) groups excluding carboxylic acids is 1. The highest BCUT2D eigenvalue weighted by Gasteiger charge is 2.03. The average Bonchev–Trinajstić information content (AvgIpc) is 2.38. The number of aliphatic hydroxyl groups excluding tert-OH is 1. The van der Waals surface area contributed by atoms with Gasteiger partial charge in [-0.15, -0.1) is 0 Å². The van der Waals surface area contributed by atoms with Gasteiger partial charge < -0.3 is 10.4 Å². The highest BCUT2D eigenvalue weighted by molar-refractivity contribution is 6.42. The van der Waals surface area contributed by atoms with E-state index in [1.165, 1.54) is 6.08 Å². The van der Waals surface area contributed by atoms with Crippen molar-refractivity contribution in [2.75, 3.05) is 6.54 Å². The molecule has 0 aliphatic heterocycles. The van der Waals surface area contributed by atoms with Crippen molar-refractivity contribution >= 4 is 35.2 Å². The minimum Gasteiger partial charge on any atom is -0.391 e. The molecule has 2 N–H and O–H groups in total. The van der Waals surface area contributed by atoms with Crippen LogP contribution in [0.5, 0.6) is 0 Å². The Morgan fingerprint density at radius 2 is 2.16 bits per heavy atom. The Morgan fingerprint density at radius 1 is 1.42 bits per heavy atom. The van der Waals surface area contributed by atoms with E-state index in [4.69, 9.17) is 23.2 Å². The molecule has 1 atom stereocenters. The van der Waals surface area contributed by atoms with Gasteiger partial charge in [-0.25, -0.2) is 0 Å². The normalized spacial score (nSPS) is 12.6. The zero-order chi connectivity index (χ0) is 14.3. The van der Waals surface area contributed by atoms with Crippen LogP contribution in [0.2, 0.25) is 10.0 Å². The van der Waals surface area contributed by atoms with Crippen LogP contribution in [0.15, 0.2) is 24.3 Å². The van der Waals surface area contributed by atoms with Gasteiger partial charge in [0.2, 0.25) is 5.91 Å². The summed E-state index contributed by atoms with van der Waals surface area (Å²) in [6, 6.07) is 5.12. The quantitative estimate of drug-likeness (QED) is 0.792. The summed E-state index contributed by atoms with van der Waals surface area (Å²) in [4.78, 5) is 11.5. The van der Waals surface area contributed by atoms with Gasteiger partial charge in [0.15, 0.2) is 0 Å². The number of amides is 1. The first-order valence-electron chi connectivity index (χ1n) is 6.12. The summed E-state index contributed by atoms with van der Waals surface area (Å²) >= 11 is 11.7. The summed E-state index contributed by atoms with van der Waals surface area (Å²) in [5.74, 6) is -0.249. The maximum Gasteiger partial charge on any atom is 0.244 e. The van der Waals surface area contributed by atoms with Gasteiger partial charge in [0.25, 0.3) is 0 Å². The van der Waals surface area contributed by atoms with E-state index < -0.39 is 6.10 Å². The third-order valence-electron chi connectivity index (χ3n) is 2.50. The van der Waals surface area contributed by atoms with Crippen molar-refractivity contribution in [2.45, 2.75) is 25.9 Å². The Morgan fingerprint density at radius 3 is 2.79 bits per heavy atom. The van der Waals surface area contributed by atoms with E-state index in [9.17, 15) is 9.90 Å². The van der Waals surface area contributed by atoms with Crippen molar-refractivity contribution in [3.63, 3.8) is 0 Å². The zero-order valence-electron chi connectivity index (χ0n) is 10.7. The molecule has 0 heterocycles. The van der Waals surface area contributed by atoms with Crippen LogP contribution in [0.4, 0.5) is 0 Å². The lowest BCUT2D eigenvalue weighted by molar-refractivity contribution is -0.116. The minimum absolute atomic E-state index is 0.249. The summed E-state index contributed by atoms with van der Waals surface area (Å²) in [5, 5.41) is 13.0. The second kappa shape index (κ2) is 8.20. The van der Waals surface area contributed by atoms with E-state index >= 15 is 0 Å². The second-order valence-corrected chi connectivity index (χ2v) is 5.01. The van der Waals surface area contributed by atoms with Crippen LogP contribution in [-0.4, -0.2) is 23.7 Å². The van der Waals surface area contributed by atoms with Gasteiger partial charge in [-0.2, -0.15) is 0 Å². The average molecular weight is 302 g/mol. The number of aliphatic hydroxyl groups is 1. The lowest BCUT2D eigenvalue weighted by Crippen LogP contribution is -2.30. The standard InChI is InChI=1S/C14H17Cl2NO2/c1-2-3-11(18)9-17-14(19)7-5-10-4-6-12(15)13(16)8-10/h4-8,11,18H,2-3,9H2,1H3,(H,17,19)/b7-5+. The van der Waals surface area contributed by atoms with Gasteiger partial charge in [0, 0.05) is 12.6 Å². The molecule has 5 heteroatoms. The molecule has 0 aromatic heterocycles. The van der Waals surface area contributed by atoms with E-state index in [0.717, 1.165) is 12.0 Å². The number of carbonyl (C=O) groups is 1. The molecular formula is C14H17Cl2NO2. The van der Waals surface area contributed by atoms with Crippen molar-refractivity contribution in [1.82, 2.24) is 5.32 Å². The fraction of sp³-hybridized carbons (Fsp3) is 0.357. The SMILES string of the molecule is CCCC(O)CNC(=O)/C=C/c1ccc(Cl)c(Cl)c1. The third-order valence-corrected chi connectivity index (χ3v) is 3.24. The van der Waals surface area contributed by atoms with Gasteiger partial charge in [0.1, 0.15) is 0 Å². The Labute approximate surface area is 123 Å². The molecule has 0 bridgehead atoms. The van der Waals surface area contributed by atoms with E-state index in [0.29, 0.717) is 16.5 Å². The van der Waals surface area contributed by atoms with Gasteiger partial charge in [-0.3, -0.25) is 4.79 Å². The molecule has 19 heavy (non-hydrogen) atoms. The fourth-order valence-corrected chi connectivity index (χ4v) is 1.81. The molecule has 1 unspecified atom stereocenters. The van der Waals surface area contributed by atoms with Crippen LogP contribution in [0.3, 0.4) is 0 Å². The lowest BCUT2D eigenvalue weighted by atomic mass is 10.2. The molecule has 0 radical (unpaired) electrons. The van der Waals surface area contributed by atoms with E-state index in [1.54, 1.807) is 24.3 Å². The van der Waals surface area contributed by atoms with Crippen molar-refractivity contribution in [3.05, 3.63) is 39.9 Å². The maximum atomic E-state index is 11.5. The molecule has 1 amide bonds. The predicted molar refractivity (Wildman–Crippen MR) is 79.4 cm³/mol. The van der Waals surface area contributed by atoms with Crippen LogP contribution in [0.25, 0.3) is 6.08 Å². The Hall–Kier alpha value is -1.03. The zero-order valence-corrected chi connectivity index (χ0v) is 12.2. The third kappa shape index (κ3) is 6.10. The molecule has 0 spiro atoms. The first-order chi connectivity index (χ1) is 9.02. The van der Waals surface area contributed by atoms with Gasteiger partial charge in [-0.1, -0.05) is 42.6 Å². The van der Waals surface area contributed by atoms with Gasteiger partial charge in [-0.05, 0) is 30.2 Å². The van der Waals surface area contributed by atoms with Gasteiger partial charge >= 0.3 is 0 Å². The van der Waals surface area contributed by atoms with Crippen LogP contribution < -0.4 is 5.32 Å². The number of hydrogen-bond donors (Lipinski definition) is 2. The number of benzene rings is 1. The smallest absolute Gasteiger partial charge is 0.244 e. The number of nitrogens with one attached hydrogen (secondary N) is 1. The van der Waals surface area contributed by atoms with E-state index in [1.807, 2.05) is 6.92 Å². The van der Waals surface area contributed by atoms with Crippen molar-refractivity contribution in [1.29, 1.82) is 0 Å². The summed E-state index contributed by atoms with van der Waals surface area (Å²) in [7, 11) is 0. The van der Waals surface area contributed by atoms with Crippen LogP contribution >= 0.6 is 23.2 Å². The summed E-state index contributed by atoms with van der Waals surface area (Å²) in [6.07, 6.45) is 4.11. The first-order valence-corrected chi connectivity index (χ1v) is 6.87. The lowest BCUT2D eigenvalue weighted by Gasteiger charge is -2.08. The molecule has 0 fully saturated rings. The summed E-state index contributed by atoms with van der Waals surface area (Å²) in [5.41, 5.74) is 0.790. The molecule has 104 valence electrons. The first kappa shape index (κ1) is 16.0. The molecule has 1 aromatic rings. The van der Waals surface area contributed by atoms with Crippen molar-refractivity contribution in [3.8, 4) is 0 Å². The van der Waals surface area contributed by atoms with E-state index in [2.05, 4.69) is 5.32 Å². The van der Waals surface area contributed by atoms with E-state index in [-0.39, 0.29) is 12.5 Å². The fourth-order valence-electron chi connectivity index (χ4n) is 1.50. The monoisotopic (exact) mass is 301 g/mol. The Balaban J connectivity index is 2.47. The Kier molecular flexibility index (Phi) is 6.92. The highest BCUT2D eigenvalue weighted by Crippen LogP contribution is 2.22. The molecule has 1 rings (SSSR count). The van der Waals surface area contributed by atoms with Crippen molar-refractivity contribution in [2.24, 2.45) is 0 Å². The molecule has 0 aliphatic carbocycles. The van der Waals surface area contributed by atoms with Crippen LogP contribution in [-0.2, 0) is 4.79 Å². The molecule has 3 nitrogen and oxygen atoms in total. The molecule has 0 aliphatic rings. The highest BCUT2D eigenvalue weighted by atomic mass is 35.5. The topological polar surface area (TPSA) is 49.3 Å². The number of rotatable bonds is 6. The summed E-state index contributed by atoms with van der Waals surface area (Å²) in [6.45, 7) is 2.24. The molecule has 1 aromatic carbocycles. The number of hydrogen-bond acceptors (Lipinski definition) is 2. The Bertz CT molecular complexity index is 461. The largest absolute Gasteiger partial charge is 0.391 e. The molecule has 0 saturated carbocycles. The number of halogens is 2. The second-order valence-electron chi connectivity index (χ2n) is 4.19. The summed E-state index contributed by atoms with van der Waals surface area (Å²) < 4.78 is 0.